The molecular formula is C11H15BrO4S. The van der Waals surface area contributed by atoms with Crippen molar-refractivity contribution >= 4 is 25.8 Å². The molecule has 1 rings (SSSR count). The minimum Gasteiger partial charge on any atom is -0.491 e. The van der Waals surface area contributed by atoms with Gasteiger partial charge in [-0.15, -0.1) is 0 Å². The van der Waals surface area contributed by atoms with Crippen LogP contribution in [0.15, 0.2) is 29.2 Å². The predicted octanol–water partition coefficient (Wildman–Crippen LogP) is 1.96. The van der Waals surface area contributed by atoms with Gasteiger partial charge in [0.15, 0.2) is 9.84 Å². The molecule has 4 nitrogen and oxygen atoms in total. The fraction of sp³-hybridized carbons (Fsp3) is 0.455. The van der Waals surface area contributed by atoms with E-state index in [2.05, 4.69) is 15.9 Å². The van der Waals surface area contributed by atoms with Crippen LogP contribution in [0.3, 0.4) is 0 Å². The van der Waals surface area contributed by atoms with E-state index in [4.69, 9.17) is 9.84 Å². The third kappa shape index (κ3) is 3.43. The van der Waals surface area contributed by atoms with Gasteiger partial charge in [0.1, 0.15) is 16.0 Å². The minimum atomic E-state index is -3.40. The number of hydrogen-bond donors (Lipinski definition) is 1. The summed E-state index contributed by atoms with van der Waals surface area (Å²) in [5, 5.41) is 8.59. The molecular weight excluding hydrogens is 308 g/mol. The number of hydrogen-bond acceptors (Lipinski definition) is 4. The van der Waals surface area contributed by atoms with Crippen molar-refractivity contribution in [1.82, 2.24) is 0 Å². The number of halogens is 1. The Hall–Kier alpha value is -0.590. The maximum absolute atomic E-state index is 12.1. The van der Waals surface area contributed by atoms with Crippen LogP contribution in [-0.2, 0) is 9.84 Å². The van der Waals surface area contributed by atoms with Crippen LogP contribution in [0.5, 0.6) is 5.75 Å². The molecule has 0 aliphatic carbocycles. The monoisotopic (exact) mass is 322 g/mol. The normalized spacial score (nSPS) is 12.5. The fourth-order valence-corrected chi connectivity index (χ4v) is 2.77. The number of ether oxygens (including phenoxy) is 1. The standard InChI is InChI=1S/C11H15BrO4S/c1-11(2,12)17(14,15)10-5-3-9(4-6-10)16-8-7-13/h3-6,13H,7-8H2,1-2H3. The molecule has 0 bridgehead atoms. The minimum absolute atomic E-state index is 0.0749. The van der Waals surface area contributed by atoms with Crippen LogP contribution in [0.2, 0.25) is 0 Å². The van der Waals surface area contributed by atoms with Gasteiger partial charge in [0.05, 0.1) is 11.5 Å². The summed E-state index contributed by atoms with van der Waals surface area (Å²) in [7, 11) is -3.40. The Bertz CT molecular complexity index is 459. The van der Waals surface area contributed by atoms with Crippen LogP contribution in [-0.4, -0.2) is 30.4 Å². The van der Waals surface area contributed by atoms with Crippen LogP contribution in [0.1, 0.15) is 13.8 Å². The van der Waals surface area contributed by atoms with Crippen molar-refractivity contribution in [2.24, 2.45) is 0 Å². The highest BCUT2D eigenvalue weighted by atomic mass is 79.9. The second-order valence-electron chi connectivity index (χ2n) is 3.91. The number of alkyl halides is 1. The second kappa shape index (κ2) is 5.37. The predicted molar refractivity (Wildman–Crippen MR) is 69.2 cm³/mol. The summed E-state index contributed by atoms with van der Waals surface area (Å²) in [6.07, 6.45) is 0. The van der Waals surface area contributed by atoms with Crippen LogP contribution >= 0.6 is 15.9 Å². The summed E-state index contributed by atoms with van der Waals surface area (Å²) in [5.41, 5.74) is 0. The molecule has 0 aromatic heterocycles. The maximum Gasteiger partial charge on any atom is 0.193 e. The highest BCUT2D eigenvalue weighted by Gasteiger charge is 2.32. The molecule has 0 heterocycles. The van der Waals surface area contributed by atoms with Crippen molar-refractivity contribution in [1.29, 1.82) is 0 Å². The summed E-state index contributed by atoms with van der Waals surface area (Å²) in [4.78, 5) is 0.232. The highest BCUT2D eigenvalue weighted by molar-refractivity contribution is 9.11. The van der Waals surface area contributed by atoms with E-state index in [9.17, 15) is 8.42 Å². The van der Waals surface area contributed by atoms with Crippen LogP contribution in [0.25, 0.3) is 0 Å². The SMILES string of the molecule is CC(C)(Br)S(=O)(=O)c1ccc(OCCO)cc1. The lowest BCUT2D eigenvalue weighted by atomic mass is 10.3. The van der Waals surface area contributed by atoms with Gasteiger partial charge in [0.25, 0.3) is 0 Å². The summed E-state index contributed by atoms with van der Waals surface area (Å²) >= 11 is 3.14. The first-order valence-electron chi connectivity index (χ1n) is 5.06. The lowest BCUT2D eigenvalue weighted by Crippen LogP contribution is -2.24. The van der Waals surface area contributed by atoms with Crippen LogP contribution in [0, 0.1) is 0 Å². The number of rotatable bonds is 5. The molecule has 17 heavy (non-hydrogen) atoms. The zero-order valence-electron chi connectivity index (χ0n) is 9.68. The fourth-order valence-electron chi connectivity index (χ4n) is 1.16. The molecule has 1 N–H and O–H groups in total. The molecule has 96 valence electrons. The van der Waals surface area contributed by atoms with Gasteiger partial charge in [-0.3, -0.25) is 0 Å². The molecule has 0 radical (unpaired) electrons. The molecule has 0 spiro atoms. The van der Waals surface area contributed by atoms with Crippen LogP contribution in [0.4, 0.5) is 0 Å². The molecule has 0 saturated carbocycles. The number of aliphatic hydroxyl groups is 1. The van der Waals surface area contributed by atoms with Crippen molar-refractivity contribution in [3.8, 4) is 5.75 Å². The number of sulfone groups is 1. The highest BCUT2D eigenvalue weighted by Crippen LogP contribution is 2.31. The largest absolute Gasteiger partial charge is 0.491 e. The molecule has 0 unspecified atom stereocenters. The van der Waals surface area contributed by atoms with Gasteiger partial charge in [-0.25, -0.2) is 8.42 Å². The zero-order chi connectivity index (χ0) is 13.1. The van der Waals surface area contributed by atoms with E-state index >= 15 is 0 Å². The molecule has 0 amide bonds. The Labute approximate surface area is 110 Å². The quantitative estimate of drug-likeness (QED) is 0.842. The van der Waals surface area contributed by atoms with E-state index in [0.29, 0.717) is 5.75 Å². The van der Waals surface area contributed by atoms with Crippen molar-refractivity contribution in [2.45, 2.75) is 22.4 Å². The van der Waals surface area contributed by atoms with Crippen LogP contribution < -0.4 is 4.74 Å². The zero-order valence-corrected chi connectivity index (χ0v) is 12.1. The molecule has 0 atom stereocenters. The van der Waals surface area contributed by atoms with Gasteiger partial charge in [0, 0.05) is 0 Å². The van der Waals surface area contributed by atoms with E-state index < -0.39 is 13.5 Å². The molecule has 0 aliphatic rings. The molecule has 1 aromatic carbocycles. The average molecular weight is 323 g/mol. The Morgan fingerprint density at radius 2 is 1.82 bits per heavy atom. The maximum atomic E-state index is 12.1. The summed E-state index contributed by atoms with van der Waals surface area (Å²) in [6.45, 7) is 3.28. The second-order valence-corrected chi connectivity index (χ2v) is 8.92. The Balaban J connectivity index is 2.96. The van der Waals surface area contributed by atoms with Gasteiger partial charge >= 0.3 is 0 Å². The molecule has 6 heteroatoms. The van der Waals surface area contributed by atoms with E-state index in [1.165, 1.54) is 12.1 Å². The van der Waals surface area contributed by atoms with Gasteiger partial charge in [-0.2, -0.15) is 0 Å². The van der Waals surface area contributed by atoms with Crippen molar-refractivity contribution in [3.05, 3.63) is 24.3 Å². The van der Waals surface area contributed by atoms with E-state index in [0.717, 1.165) is 0 Å². The van der Waals surface area contributed by atoms with Crippen molar-refractivity contribution in [2.75, 3.05) is 13.2 Å². The topological polar surface area (TPSA) is 63.6 Å². The van der Waals surface area contributed by atoms with Crippen molar-refractivity contribution in [3.63, 3.8) is 0 Å². The summed E-state index contributed by atoms with van der Waals surface area (Å²) in [5.74, 6) is 0.533. The summed E-state index contributed by atoms with van der Waals surface area (Å²) < 4.78 is 28.2. The lowest BCUT2D eigenvalue weighted by molar-refractivity contribution is 0.201. The Kier molecular flexibility index (Phi) is 4.57. The number of benzene rings is 1. The molecule has 1 aromatic rings. The first kappa shape index (κ1) is 14.5. The number of aliphatic hydroxyl groups excluding tert-OH is 1. The first-order valence-corrected chi connectivity index (χ1v) is 7.34. The average Bonchev–Trinajstić information content (AvgIpc) is 2.25. The van der Waals surface area contributed by atoms with Crippen molar-refractivity contribution < 1.29 is 18.3 Å². The van der Waals surface area contributed by atoms with Gasteiger partial charge in [-0.05, 0) is 38.1 Å². The van der Waals surface area contributed by atoms with E-state index in [1.807, 2.05) is 0 Å². The third-order valence-corrected chi connectivity index (χ3v) is 5.58. The summed E-state index contributed by atoms with van der Waals surface area (Å²) in [6, 6.07) is 6.12. The Morgan fingerprint density at radius 1 is 1.29 bits per heavy atom. The van der Waals surface area contributed by atoms with Gasteiger partial charge in [0.2, 0.25) is 0 Å². The first-order chi connectivity index (χ1) is 7.79. The third-order valence-electron chi connectivity index (χ3n) is 2.13. The molecule has 0 aliphatic heterocycles. The Morgan fingerprint density at radius 3 is 2.24 bits per heavy atom. The smallest absolute Gasteiger partial charge is 0.193 e. The van der Waals surface area contributed by atoms with Gasteiger partial charge in [-0.1, -0.05) is 15.9 Å². The lowest BCUT2D eigenvalue weighted by Gasteiger charge is -2.17. The van der Waals surface area contributed by atoms with E-state index in [1.54, 1.807) is 26.0 Å². The van der Waals surface area contributed by atoms with Gasteiger partial charge < -0.3 is 9.84 Å². The molecule has 0 fully saturated rings. The molecule has 0 saturated heterocycles. The van der Waals surface area contributed by atoms with E-state index in [-0.39, 0.29) is 18.1 Å².